The summed E-state index contributed by atoms with van der Waals surface area (Å²) < 4.78 is 14.2. The van der Waals surface area contributed by atoms with E-state index in [1.54, 1.807) is 50.5 Å². The Morgan fingerprint density at radius 2 is 1.68 bits per heavy atom. The first-order valence-electron chi connectivity index (χ1n) is 12.9. The van der Waals surface area contributed by atoms with E-state index in [2.05, 4.69) is 10.3 Å². The second kappa shape index (κ2) is 11.3. The average Bonchev–Trinajstić information content (AvgIpc) is 3.58. The molecule has 1 amide bonds. The van der Waals surface area contributed by atoms with E-state index in [0.717, 1.165) is 32.3 Å². The minimum absolute atomic E-state index is 0.303. The Balaban J connectivity index is 1.40. The molecular formula is C30H29N4O4PS. The Kier molecular flexibility index (Phi) is 7.83. The van der Waals surface area contributed by atoms with Crippen LogP contribution in [0.15, 0.2) is 91.3 Å². The molecule has 0 saturated heterocycles. The predicted octanol–water partition coefficient (Wildman–Crippen LogP) is 6.99. The van der Waals surface area contributed by atoms with Gasteiger partial charge in [0.05, 0.1) is 26.8 Å². The number of para-hydroxylation sites is 2. The standard InChI is InChI=1S/C30H29N4O4PS/c1-3-30(4-2,39(36,37)38)22-14-16-23(17-15-22)32-27(35)19-18-26-28(21-10-6-5-7-11-21)33-29(40-26)34-20-31-24-12-8-9-13-25(24)34/h5-20H,3-4H2,1-2H3,(H,32,35)(H2,36,37,38). The van der Waals surface area contributed by atoms with Crippen LogP contribution >= 0.6 is 18.9 Å². The number of carbonyl (C=O) groups is 1. The van der Waals surface area contributed by atoms with Crippen molar-refractivity contribution >= 4 is 47.6 Å². The molecule has 2 aromatic heterocycles. The number of carbonyl (C=O) groups excluding carboxylic acids is 1. The van der Waals surface area contributed by atoms with Crippen LogP contribution in [0.1, 0.15) is 37.1 Å². The molecule has 40 heavy (non-hydrogen) atoms. The summed E-state index contributed by atoms with van der Waals surface area (Å²) in [6, 6.07) is 24.3. The third-order valence-corrected chi connectivity index (χ3v) is 10.2. The molecule has 0 bridgehead atoms. The second-order valence-electron chi connectivity index (χ2n) is 9.36. The molecule has 10 heteroatoms. The minimum Gasteiger partial charge on any atom is -0.324 e. The maximum Gasteiger partial charge on any atom is 0.335 e. The first kappa shape index (κ1) is 27.7. The monoisotopic (exact) mass is 572 g/mol. The van der Waals surface area contributed by atoms with Gasteiger partial charge in [-0.15, -0.1) is 0 Å². The summed E-state index contributed by atoms with van der Waals surface area (Å²) in [7, 11) is -4.39. The van der Waals surface area contributed by atoms with E-state index in [1.165, 1.54) is 17.4 Å². The van der Waals surface area contributed by atoms with Crippen LogP contribution in [-0.4, -0.2) is 30.2 Å². The van der Waals surface area contributed by atoms with Gasteiger partial charge >= 0.3 is 7.60 Å². The molecule has 0 fully saturated rings. The fraction of sp³-hybridized carbons (Fsp3) is 0.167. The van der Waals surface area contributed by atoms with Crippen LogP contribution < -0.4 is 5.32 Å². The van der Waals surface area contributed by atoms with Gasteiger partial charge < -0.3 is 15.1 Å². The van der Waals surface area contributed by atoms with Crippen LogP contribution in [0.3, 0.4) is 0 Å². The number of nitrogens with zero attached hydrogens (tertiary/aromatic N) is 3. The topological polar surface area (TPSA) is 117 Å². The molecule has 3 N–H and O–H groups in total. The number of rotatable bonds is 9. The number of thiazole rings is 1. The zero-order chi connectivity index (χ0) is 28.3. The Morgan fingerprint density at radius 3 is 2.35 bits per heavy atom. The largest absolute Gasteiger partial charge is 0.335 e. The van der Waals surface area contributed by atoms with Crippen LogP contribution in [0, 0.1) is 0 Å². The van der Waals surface area contributed by atoms with Gasteiger partial charge in [-0.3, -0.25) is 13.9 Å². The van der Waals surface area contributed by atoms with Crippen LogP contribution in [0.4, 0.5) is 5.69 Å². The van der Waals surface area contributed by atoms with Crippen LogP contribution in [-0.2, 0) is 14.5 Å². The van der Waals surface area contributed by atoms with Gasteiger partial charge in [-0.05, 0) is 48.7 Å². The number of benzene rings is 3. The molecule has 0 atom stereocenters. The van der Waals surface area contributed by atoms with Crippen molar-refractivity contribution in [2.75, 3.05) is 5.32 Å². The van der Waals surface area contributed by atoms with E-state index in [-0.39, 0.29) is 5.91 Å². The average molecular weight is 573 g/mol. The van der Waals surface area contributed by atoms with Crippen LogP contribution in [0.5, 0.6) is 0 Å². The summed E-state index contributed by atoms with van der Waals surface area (Å²) in [6.45, 7) is 3.54. The molecule has 0 unspecified atom stereocenters. The maximum absolute atomic E-state index is 12.8. The summed E-state index contributed by atoms with van der Waals surface area (Å²) in [4.78, 5) is 43.1. The molecule has 0 saturated carbocycles. The maximum atomic E-state index is 12.8. The first-order valence-corrected chi connectivity index (χ1v) is 15.3. The highest BCUT2D eigenvalue weighted by atomic mass is 32.1. The number of amides is 1. The number of hydrogen-bond acceptors (Lipinski definition) is 5. The van der Waals surface area contributed by atoms with Crippen molar-refractivity contribution in [1.29, 1.82) is 0 Å². The first-order chi connectivity index (χ1) is 19.3. The normalized spacial score (nSPS) is 12.3. The molecule has 3 aromatic carbocycles. The molecule has 5 aromatic rings. The number of imidazole rings is 1. The molecule has 8 nitrogen and oxygen atoms in total. The molecule has 0 spiro atoms. The summed E-state index contributed by atoms with van der Waals surface area (Å²) in [6.07, 6.45) is 5.57. The molecule has 204 valence electrons. The van der Waals surface area contributed by atoms with E-state index >= 15 is 0 Å². The summed E-state index contributed by atoms with van der Waals surface area (Å²) in [5.41, 5.74) is 4.60. The predicted molar refractivity (Wildman–Crippen MR) is 161 cm³/mol. The minimum atomic E-state index is -4.39. The van der Waals surface area contributed by atoms with Crippen molar-refractivity contribution < 1.29 is 19.1 Å². The molecule has 0 aliphatic rings. The SMILES string of the molecule is CCC(CC)(c1ccc(NC(=O)C=Cc2sc(-n3cnc4ccccc43)nc2-c2ccccc2)cc1)P(=O)(O)O. The fourth-order valence-corrected chi connectivity index (χ4v) is 7.17. The van der Waals surface area contributed by atoms with E-state index in [1.807, 2.05) is 59.2 Å². The molecule has 0 radical (unpaired) electrons. The lowest BCUT2D eigenvalue weighted by molar-refractivity contribution is -0.111. The molecule has 2 heterocycles. The van der Waals surface area contributed by atoms with Gasteiger partial charge in [-0.25, -0.2) is 9.97 Å². The summed E-state index contributed by atoms with van der Waals surface area (Å²) >= 11 is 1.46. The number of hydrogen-bond donors (Lipinski definition) is 3. The lowest BCUT2D eigenvalue weighted by Gasteiger charge is -2.33. The van der Waals surface area contributed by atoms with Gasteiger partial charge in [-0.1, -0.05) is 79.8 Å². The zero-order valence-corrected chi connectivity index (χ0v) is 23.8. The van der Waals surface area contributed by atoms with Crippen molar-refractivity contribution in [3.05, 3.63) is 102 Å². The summed E-state index contributed by atoms with van der Waals surface area (Å²) in [5.74, 6) is -0.331. The zero-order valence-electron chi connectivity index (χ0n) is 22.1. The number of aromatic nitrogens is 3. The molecule has 0 aliphatic carbocycles. The quantitative estimate of drug-likeness (QED) is 0.129. The summed E-state index contributed by atoms with van der Waals surface area (Å²) in [5, 5.41) is 2.33. The lowest BCUT2D eigenvalue weighted by atomic mass is 9.92. The van der Waals surface area contributed by atoms with Crippen molar-refractivity contribution in [3.8, 4) is 16.4 Å². The second-order valence-corrected chi connectivity index (χ2v) is 12.3. The highest BCUT2D eigenvalue weighted by molar-refractivity contribution is 7.53. The van der Waals surface area contributed by atoms with Crippen LogP contribution in [0.25, 0.3) is 33.5 Å². The van der Waals surface area contributed by atoms with Crippen molar-refractivity contribution in [2.24, 2.45) is 0 Å². The molecule has 0 aliphatic heterocycles. The van der Waals surface area contributed by atoms with Crippen LogP contribution in [0.2, 0.25) is 0 Å². The number of fused-ring (bicyclic) bond motifs is 1. The van der Waals surface area contributed by atoms with E-state index in [0.29, 0.717) is 24.1 Å². The van der Waals surface area contributed by atoms with Gasteiger partial charge in [-0.2, -0.15) is 0 Å². The third-order valence-electron chi connectivity index (χ3n) is 7.15. The van der Waals surface area contributed by atoms with Gasteiger partial charge in [0, 0.05) is 17.3 Å². The van der Waals surface area contributed by atoms with Gasteiger partial charge in [0.2, 0.25) is 5.91 Å². The third kappa shape index (κ3) is 5.29. The molecular weight excluding hydrogens is 543 g/mol. The lowest BCUT2D eigenvalue weighted by Crippen LogP contribution is -2.24. The Morgan fingerprint density at radius 1 is 1.00 bits per heavy atom. The Bertz CT molecular complexity index is 1720. The smallest absolute Gasteiger partial charge is 0.324 e. The Labute approximate surface area is 236 Å². The van der Waals surface area contributed by atoms with Gasteiger partial charge in [0.15, 0.2) is 5.13 Å². The van der Waals surface area contributed by atoms with Crippen molar-refractivity contribution in [1.82, 2.24) is 14.5 Å². The van der Waals surface area contributed by atoms with E-state index in [9.17, 15) is 19.1 Å². The van der Waals surface area contributed by atoms with Gasteiger partial charge in [0.1, 0.15) is 6.33 Å². The van der Waals surface area contributed by atoms with E-state index < -0.39 is 12.8 Å². The fourth-order valence-electron chi connectivity index (χ4n) is 4.89. The number of anilines is 1. The van der Waals surface area contributed by atoms with Crippen molar-refractivity contribution in [2.45, 2.75) is 31.8 Å². The van der Waals surface area contributed by atoms with Gasteiger partial charge in [0.25, 0.3) is 0 Å². The van der Waals surface area contributed by atoms with Crippen molar-refractivity contribution in [3.63, 3.8) is 0 Å². The highest BCUT2D eigenvalue weighted by Crippen LogP contribution is 2.60. The number of nitrogens with one attached hydrogen (secondary N) is 1. The highest BCUT2D eigenvalue weighted by Gasteiger charge is 2.45. The Hall–Kier alpha value is -3.88. The van der Waals surface area contributed by atoms with E-state index in [4.69, 9.17) is 4.98 Å². The molecule has 5 rings (SSSR count).